The van der Waals surface area contributed by atoms with E-state index in [0.717, 1.165) is 30.8 Å². The van der Waals surface area contributed by atoms with Crippen molar-refractivity contribution in [2.24, 2.45) is 0 Å². The molecule has 0 unspecified atom stereocenters. The first kappa shape index (κ1) is 26.1. The molecule has 2 aromatic carbocycles. The number of hydrogen-bond donors (Lipinski definition) is 2. The fraction of sp³-hybridized carbons (Fsp3) is 0.364. The number of rotatable bonds is 7. The molecule has 0 atom stereocenters. The predicted octanol–water partition coefficient (Wildman–Crippen LogP) is 1.51. The molecule has 1 aliphatic heterocycles. The zero-order chi connectivity index (χ0) is 24.4. The van der Waals surface area contributed by atoms with Crippen LogP contribution < -0.4 is 9.47 Å². The van der Waals surface area contributed by atoms with Gasteiger partial charge in [-0.15, -0.1) is 0 Å². The molecule has 0 amide bonds. The minimum absolute atomic E-state index is 0.490. The second-order valence-corrected chi connectivity index (χ2v) is 9.29. The summed E-state index contributed by atoms with van der Waals surface area (Å²) < 4.78 is 36.2. The maximum atomic E-state index is 11.6. The van der Waals surface area contributed by atoms with Crippen molar-refractivity contribution in [1.29, 1.82) is 0 Å². The van der Waals surface area contributed by atoms with E-state index in [2.05, 4.69) is 4.90 Å². The van der Waals surface area contributed by atoms with Gasteiger partial charge in [-0.3, -0.25) is 4.90 Å². The molecule has 0 bridgehead atoms. The number of carboxylic acid groups (broad SMARTS) is 2. The number of carboxylic acids is 2. The van der Waals surface area contributed by atoms with E-state index in [1.807, 2.05) is 48.5 Å². The van der Waals surface area contributed by atoms with Gasteiger partial charge in [0.2, 0.25) is 10.0 Å². The number of ether oxygens (including phenoxy) is 2. The number of hydrogen-bond acceptors (Lipinski definition) is 7. The number of benzene rings is 2. The van der Waals surface area contributed by atoms with Crippen molar-refractivity contribution in [2.75, 3.05) is 39.5 Å². The maximum Gasteiger partial charge on any atom is 0.414 e. The topological polar surface area (TPSA) is 134 Å². The molecule has 33 heavy (non-hydrogen) atoms. The first-order chi connectivity index (χ1) is 15.6. The van der Waals surface area contributed by atoms with Crippen LogP contribution in [0.2, 0.25) is 0 Å². The molecule has 180 valence electrons. The highest BCUT2D eigenvalue weighted by Gasteiger charge is 2.23. The Morgan fingerprint density at radius 1 is 0.909 bits per heavy atom. The van der Waals surface area contributed by atoms with Crippen LogP contribution >= 0.6 is 0 Å². The normalized spacial score (nSPS) is 14.6. The summed E-state index contributed by atoms with van der Waals surface area (Å²) in [5.74, 6) is -2.23. The van der Waals surface area contributed by atoms with E-state index in [1.165, 1.54) is 10.6 Å². The standard InChI is InChI=1S/C20H26N2O4S.C2H2O4/c1-25-20-14-18(15-21-10-12-22(13-11-21)27(2,23)24)8-9-19(20)26-16-17-6-4-3-5-7-17;3-1(4)2(5)6/h3-9,14H,10-13,15-16H2,1-2H3;(H,3,4)(H,5,6). The molecular weight excluding hydrogens is 452 g/mol. The first-order valence-electron chi connectivity index (χ1n) is 10.1. The summed E-state index contributed by atoms with van der Waals surface area (Å²) in [5.41, 5.74) is 2.22. The Hall–Kier alpha value is -3.15. The Morgan fingerprint density at radius 3 is 2.03 bits per heavy atom. The van der Waals surface area contributed by atoms with Crippen molar-refractivity contribution >= 4 is 22.0 Å². The van der Waals surface area contributed by atoms with Crippen LogP contribution in [0.3, 0.4) is 0 Å². The van der Waals surface area contributed by atoms with Crippen molar-refractivity contribution in [1.82, 2.24) is 9.21 Å². The van der Waals surface area contributed by atoms with E-state index < -0.39 is 22.0 Å². The van der Waals surface area contributed by atoms with E-state index in [0.29, 0.717) is 31.2 Å². The van der Waals surface area contributed by atoms with Crippen LogP contribution in [0.4, 0.5) is 0 Å². The van der Waals surface area contributed by atoms with E-state index in [1.54, 1.807) is 7.11 Å². The summed E-state index contributed by atoms with van der Waals surface area (Å²) in [6.07, 6.45) is 1.27. The second kappa shape index (κ2) is 12.2. The molecule has 1 saturated heterocycles. The summed E-state index contributed by atoms with van der Waals surface area (Å²) in [6.45, 7) is 3.77. The molecule has 2 aromatic rings. The Bertz CT molecular complexity index is 1020. The van der Waals surface area contributed by atoms with Gasteiger partial charge in [-0.1, -0.05) is 36.4 Å². The number of carbonyl (C=O) groups is 2. The van der Waals surface area contributed by atoms with Gasteiger partial charge in [0.15, 0.2) is 11.5 Å². The average Bonchev–Trinajstić information content (AvgIpc) is 2.79. The summed E-state index contributed by atoms with van der Waals surface area (Å²) in [6, 6.07) is 16.0. The van der Waals surface area contributed by atoms with Gasteiger partial charge in [-0.25, -0.2) is 18.0 Å². The van der Waals surface area contributed by atoms with Gasteiger partial charge in [-0.2, -0.15) is 4.31 Å². The van der Waals surface area contributed by atoms with Crippen LogP contribution in [0.1, 0.15) is 11.1 Å². The van der Waals surface area contributed by atoms with E-state index in [9.17, 15) is 8.42 Å². The Morgan fingerprint density at radius 2 is 1.52 bits per heavy atom. The molecule has 0 aromatic heterocycles. The van der Waals surface area contributed by atoms with Crippen LogP contribution in [0.25, 0.3) is 0 Å². The molecule has 1 heterocycles. The fourth-order valence-electron chi connectivity index (χ4n) is 3.14. The Balaban J connectivity index is 0.000000569. The molecule has 1 aliphatic rings. The van der Waals surface area contributed by atoms with Crippen LogP contribution in [0.5, 0.6) is 11.5 Å². The highest BCUT2D eigenvalue weighted by Crippen LogP contribution is 2.29. The third-order valence-electron chi connectivity index (χ3n) is 4.85. The quantitative estimate of drug-likeness (QED) is 0.566. The van der Waals surface area contributed by atoms with Gasteiger partial charge in [-0.05, 0) is 23.3 Å². The number of nitrogens with zero attached hydrogens (tertiary/aromatic N) is 2. The minimum Gasteiger partial charge on any atom is -0.493 e. The predicted molar refractivity (Wildman–Crippen MR) is 121 cm³/mol. The highest BCUT2D eigenvalue weighted by atomic mass is 32.2. The fourth-order valence-corrected chi connectivity index (χ4v) is 3.97. The van der Waals surface area contributed by atoms with Crippen molar-refractivity contribution in [3.8, 4) is 11.5 Å². The summed E-state index contributed by atoms with van der Waals surface area (Å²) in [7, 11) is -1.46. The molecule has 0 radical (unpaired) electrons. The monoisotopic (exact) mass is 480 g/mol. The lowest BCUT2D eigenvalue weighted by molar-refractivity contribution is -0.159. The van der Waals surface area contributed by atoms with Crippen molar-refractivity contribution in [3.05, 3.63) is 59.7 Å². The van der Waals surface area contributed by atoms with Crippen molar-refractivity contribution in [2.45, 2.75) is 13.2 Å². The van der Waals surface area contributed by atoms with Gasteiger partial charge in [0, 0.05) is 32.7 Å². The Kier molecular flexibility index (Phi) is 9.64. The minimum atomic E-state index is -3.10. The zero-order valence-electron chi connectivity index (χ0n) is 18.5. The van der Waals surface area contributed by atoms with Gasteiger partial charge < -0.3 is 19.7 Å². The van der Waals surface area contributed by atoms with Gasteiger partial charge >= 0.3 is 11.9 Å². The molecule has 10 nitrogen and oxygen atoms in total. The zero-order valence-corrected chi connectivity index (χ0v) is 19.3. The van der Waals surface area contributed by atoms with Gasteiger partial charge in [0.1, 0.15) is 6.61 Å². The molecule has 0 aliphatic carbocycles. The second-order valence-electron chi connectivity index (χ2n) is 7.31. The lowest BCUT2D eigenvalue weighted by Gasteiger charge is -2.33. The first-order valence-corrected chi connectivity index (χ1v) is 11.9. The third-order valence-corrected chi connectivity index (χ3v) is 6.16. The van der Waals surface area contributed by atoms with Crippen molar-refractivity contribution in [3.63, 3.8) is 0 Å². The highest BCUT2D eigenvalue weighted by molar-refractivity contribution is 7.88. The third kappa shape index (κ3) is 8.72. The SMILES string of the molecule is COc1cc(CN2CCN(S(C)(=O)=O)CC2)ccc1OCc1ccccc1.O=C(O)C(=O)O. The van der Waals surface area contributed by atoms with Crippen molar-refractivity contribution < 1.29 is 37.7 Å². The van der Waals surface area contributed by atoms with Crippen LogP contribution in [-0.2, 0) is 32.8 Å². The van der Waals surface area contributed by atoms with Crippen LogP contribution in [0.15, 0.2) is 48.5 Å². The molecule has 0 spiro atoms. The molecule has 2 N–H and O–H groups in total. The van der Waals surface area contributed by atoms with E-state index >= 15 is 0 Å². The average molecular weight is 481 g/mol. The maximum absolute atomic E-state index is 11.6. The lowest BCUT2D eigenvalue weighted by Crippen LogP contribution is -2.47. The Labute approximate surface area is 193 Å². The molecular formula is C22H28N2O8S. The number of aliphatic carboxylic acids is 2. The van der Waals surface area contributed by atoms with Gasteiger partial charge in [0.05, 0.1) is 13.4 Å². The van der Waals surface area contributed by atoms with Crippen LogP contribution in [0, 0.1) is 0 Å². The lowest BCUT2D eigenvalue weighted by atomic mass is 10.1. The summed E-state index contributed by atoms with van der Waals surface area (Å²) >= 11 is 0. The van der Waals surface area contributed by atoms with Crippen LogP contribution in [-0.4, -0.2) is 79.3 Å². The van der Waals surface area contributed by atoms with E-state index in [4.69, 9.17) is 29.3 Å². The summed E-state index contributed by atoms with van der Waals surface area (Å²) in [5, 5.41) is 14.8. The largest absolute Gasteiger partial charge is 0.493 e. The number of sulfonamides is 1. The molecule has 1 fully saturated rings. The molecule has 0 saturated carbocycles. The smallest absolute Gasteiger partial charge is 0.414 e. The number of piperazine rings is 1. The van der Waals surface area contributed by atoms with E-state index in [-0.39, 0.29) is 0 Å². The summed E-state index contributed by atoms with van der Waals surface area (Å²) in [4.78, 5) is 20.5. The number of methoxy groups -OCH3 is 1. The molecule has 11 heteroatoms. The molecule has 3 rings (SSSR count). The van der Waals surface area contributed by atoms with Gasteiger partial charge in [0.25, 0.3) is 0 Å².